The first kappa shape index (κ1) is 11.9. The lowest BCUT2D eigenvalue weighted by Gasteiger charge is -2.01. The Bertz CT molecular complexity index is 755. The van der Waals surface area contributed by atoms with Gasteiger partial charge in [-0.05, 0) is 29.8 Å². The largest absolute Gasteiger partial charge is 0.275 e. The highest BCUT2D eigenvalue weighted by atomic mass is 35.5. The van der Waals surface area contributed by atoms with E-state index in [9.17, 15) is 5.26 Å². The minimum atomic E-state index is 0.366. The van der Waals surface area contributed by atoms with Crippen molar-refractivity contribution in [1.82, 2.24) is 15.2 Å². The molecule has 3 aromatic heterocycles. The van der Waals surface area contributed by atoms with Crippen molar-refractivity contribution in [2.24, 2.45) is 0 Å². The molecule has 0 radical (unpaired) electrons. The minimum Gasteiger partial charge on any atom is -0.275 e. The second kappa shape index (κ2) is 4.84. The number of hydrogen-bond acceptors (Lipinski definition) is 4. The van der Waals surface area contributed by atoms with E-state index in [2.05, 4.69) is 21.3 Å². The van der Waals surface area contributed by atoms with Gasteiger partial charge in [-0.15, -0.1) is 11.3 Å². The van der Waals surface area contributed by atoms with Crippen LogP contribution in [0, 0.1) is 11.3 Å². The molecule has 1 N–H and O–H groups in total. The second-order valence-electron chi connectivity index (χ2n) is 3.77. The first-order chi connectivity index (χ1) is 9.29. The van der Waals surface area contributed by atoms with Crippen LogP contribution in [0.15, 0.2) is 36.7 Å². The monoisotopic (exact) mass is 286 g/mol. The molecular formula is C13H7ClN4S. The maximum Gasteiger partial charge on any atom is 0.170 e. The Morgan fingerprint density at radius 1 is 1.21 bits per heavy atom. The summed E-state index contributed by atoms with van der Waals surface area (Å²) in [6, 6.07) is 9.54. The summed E-state index contributed by atoms with van der Waals surface area (Å²) in [5.74, 6) is 0. The molecule has 0 aliphatic heterocycles. The van der Waals surface area contributed by atoms with Gasteiger partial charge in [-0.3, -0.25) is 10.1 Å². The van der Waals surface area contributed by atoms with Crippen molar-refractivity contribution >= 4 is 22.9 Å². The van der Waals surface area contributed by atoms with Crippen molar-refractivity contribution in [3.05, 3.63) is 46.7 Å². The first-order valence-corrected chi connectivity index (χ1v) is 6.63. The van der Waals surface area contributed by atoms with E-state index in [0.717, 1.165) is 21.7 Å². The van der Waals surface area contributed by atoms with E-state index in [0.29, 0.717) is 10.0 Å². The third kappa shape index (κ3) is 2.12. The van der Waals surface area contributed by atoms with Crippen LogP contribution in [0.25, 0.3) is 21.7 Å². The molecule has 0 aliphatic carbocycles. The molecule has 3 heterocycles. The molecule has 0 aromatic carbocycles. The summed E-state index contributed by atoms with van der Waals surface area (Å²) in [6.45, 7) is 0. The zero-order chi connectivity index (χ0) is 13.2. The summed E-state index contributed by atoms with van der Waals surface area (Å²) in [4.78, 5) is 4.94. The number of nitrogens with one attached hydrogen (secondary N) is 1. The number of halogens is 1. The van der Waals surface area contributed by atoms with Crippen molar-refractivity contribution in [3.63, 3.8) is 0 Å². The molecule has 4 nitrogen and oxygen atoms in total. The van der Waals surface area contributed by atoms with Gasteiger partial charge in [0, 0.05) is 18.0 Å². The summed E-state index contributed by atoms with van der Waals surface area (Å²) in [5, 5.41) is 16.1. The minimum absolute atomic E-state index is 0.366. The van der Waals surface area contributed by atoms with E-state index in [1.54, 1.807) is 12.4 Å². The lowest BCUT2D eigenvalue weighted by atomic mass is 10.0. The molecule has 0 atom stereocenters. The van der Waals surface area contributed by atoms with Gasteiger partial charge in [0.05, 0.1) is 14.9 Å². The average Bonchev–Trinajstić information content (AvgIpc) is 3.05. The molecule has 3 rings (SSSR count). The van der Waals surface area contributed by atoms with E-state index in [1.807, 2.05) is 24.3 Å². The van der Waals surface area contributed by atoms with E-state index < -0.39 is 0 Å². The van der Waals surface area contributed by atoms with Crippen LogP contribution < -0.4 is 0 Å². The predicted octanol–water partition coefficient (Wildman–Crippen LogP) is 3.73. The molecular weight excluding hydrogens is 280 g/mol. The summed E-state index contributed by atoms with van der Waals surface area (Å²) >= 11 is 7.40. The van der Waals surface area contributed by atoms with Gasteiger partial charge >= 0.3 is 0 Å². The molecule has 3 aromatic rings. The van der Waals surface area contributed by atoms with Crippen LogP contribution in [0.3, 0.4) is 0 Å². The SMILES string of the molecule is N#Cc1n[nH]c(-c2ccc(Cl)s2)c1-c1ccncc1. The maximum absolute atomic E-state index is 9.17. The normalized spacial score (nSPS) is 10.3. The predicted molar refractivity (Wildman–Crippen MR) is 74.9 cm³/mol. The van der Waals surface area contributed by atoms with Crippen LogP contribution in [-0.4, -0.2) is 15.2 Å². The molecule has 0 saturated carbocycles. The lowest BCUT2D eigenvalue weighted by molar-refractivity contribution is 1.08. The molecule has 0 saturated heterocycles. The van der Waals surface area contributed by atoms with Gasteiger partial charge in [-0.2, -0.15) is 10.4 Å². The van der Waals surface area contributed by atoms with Crippen LogP contribution in [-0.2, 0) is 0 Å². The van der Waals surface area contributed by atoms with Gasteiger partial charge in [0.2, 0.25) is 0 Å². The van der Waals surface area contributed by atoms with Gasteiger partial charge in [-0.1, -0.05) is 11.6 Å². The quantitative estimate of drug-likeness (QED) is 0.780. The fourth-order valence-corrected chi connectivity index (χ4v) is 2.89. The fourth-order valence-electron chi connectivity index (χ4n) is 1.85. The van der Waals surface area contributed by atoms with Crippen LogP contribution in [0.1, 0.15) is 5.69 Å². The Kier molecular flexibility index (Phi) is 3.03. The Labute approximate surface area is 118 Å². The van der Waals surface area contributed by atoms with Gasteiger partial charge < -0.3 is 0 Å². The van der Waals surface area contributed by atoms with Crippen LogP contribution >= 0.6 is 22.9 Å². The van der Waals surface area contributed by atoms with Crippen molar-refractivity contribution in [2.45, 2.75) is 0 Å². The molecule has 0 bridgehead atoms. The summed E-state index contributed by atoms with van der Waals surface area (Å²) in [7, 11) is 0. The van der Waals surface area contributed by atoms with Gasteiger partial charge in [0.15, 0.2) is 5.69 Å². The van der Waals surface area contributed by atoms with Crippen LogP contribution in [0.5, 0.6) is 0 Å². The molecule has 0 amide bonds. The number of nitrogens with zero attached hydrogens (tertiary/aromatic N) is 3. The van der Waals surface area contributed by atoms with Crippen molar-refractivity contribution < 1.29 is 0 Å². The molecule has 0 fully saturated rings. The fraction of sp³-hybridized carbons (Fsp3) is 0. The molecule has 6 heteroatoms. The lowest BCUT2D eigenvalue weighted by Crippen LogP contribution is -1.83. The third-order valence-corrected chi connectivity index (χ3v) is 3.91. The van der Waals surface area contributed by atoms with Crippen molar-refractivity contribution in [1.29, 1.82) is 5.26 Å². The maximum atomic E-state index is 9.17. The van der Waals surface area contributed by atoms with Crippen molar-refractivity contribution in [3.8, 4) is 27.8 Å². The Balaban J connectivity index is 2.23. The summed E-state index contributed by atoms with van der Waals surface area (Å²) in [5.41, 5.74) is 2.86. The number of thiophene rings is 1. The number of H-pyrrole nitrogens is 1. The molecule has 0 unspecified atom stereocenters. The number of aromatic amines is 1. The smallest absolute Gasteiger partial charge is 0.170 e. The Hall–Kier alpha value is -2.16. The number of hydrogen-bond donors (Lipinski definition) is 1. The van der Waals surface area contributed by atoms with Gasteiger partial charge in [0.1, 0.15) is 6.07 Å². The van der Waals surface area contributed by atoms with E-state index in [4.69, 9.17) is 11.6 Å². The van der Waals surface area contributed by atoms with E-state index in [1.165, 1.54) is 11.3 Å². The number of aromatic nitrogens is 3. The average molecular weight is 287 g/mol. The zero-order valence-electron chi connectivity index (χ0n) is 9.59. The second-order valence-corrected chi connectivity index (χ2v) is 5.49. The van der Waals surface area contributed by atoms with E-state index >= 15 is 0 Å². The Morgan fingerprint density at radius 3 is 2.63 bits per heavy atom. The van der Waals surface area contributed by atoms with Crippen molar-refractivity contribution in [2.75, 3.05) is 0 Å². The van der Waals surface area contributed by atoms with Crippen LogP contribution in [0.4, 0.5) is 0 Å². The standard InChI is InChI=1S/C13H7ClN4S/c14-11-2-1-10(19-11)13-12(9(7-15)17-18-13)8-3-5-16-6-4-8/h1-6H,(H,17,18). The molecule has 0 aliphatic rings. The number of rotatable bonds is 2. The first-order valence-electron chi connectivity index (χ1n) is 5.44. The highest BCUT2D eigenvalue weighted by molar-refractivity contribution is 7.19. The number of pyridine rings is 1. The molecule has 92 valence electrons. The third-order valence-electron chi connectivity index (χ3n) is 2.66. The van der Waals surface area contributed by atoms with Gasteiger partial charge in [-0.25, -0.2) is 0 Å². The highest BCUT2D eigenvalue weighted by Crippen LogP contribution is 2.37. The van der Waals surface area contributed by atoms with Gasteiger partial charge in [0.25, 0.3) is 0 Å². The molecule has 0 spiro atoms. The highest BCUT2D eigenvalue weighted by Gasteiger charge is 2.17. The van der Waals surface area contributed by atoms with Crippen LogP contribution in [0.2, 0.25) is 4.34 Å². The zero-order valence-corrected chi connectivity index (χ0v) is 11.2. The molecule has 19 heavy (non-hydrogen) atoms. The summed E-state index contributed by atoms with van der Waals surface area (Å²) in [6.07, 6.45) is 3.38. The Morgan fingerprint density at radius 2 is 2.00 bits per heavy atom. The number of nitriles is 1. The van der Waals surface area contributed by atoms with E-state index in [-0.39, 0.29) is 0 Å². The summed E-state index contributed by atoms with van der Waals surface area (Å²) < 4.78 is 0.698. The topological polar surface area (TPSA) is 65.4 Å².